The molecule has 0 aliphatic carbocycles. The third-order valence-electron chi connectivity index (χ3n) is 4.59. The summed E-state index contributed by atoms with van der Waals surface area (Å²) in [7, 11) is 1.55. The molecule has 0 aliphatic rings. The van der Waals surface area contributed by atoms with Crippen molar-refractivity contribution in [1.29, 1.82) is 0 Å². The number of rotatable bonds is 6. The maximum Gasteiger partial charge on any atom is 0.310 e. The second-order valence-electron chi connectivity index (χ2n) is 6.63. The first-order valence-corrected chi connectivity index (χ1v) is 9.33. The zero-order chi connectivity index (χ0) is 21.1. The Kier molecular flexibility index (Phi) is 6.03. The molecule has 0 atom stereocenters. The van der Waals surface area contributed by atoms with E-state index in [2.05, 4.69) is 0 Å². The highest BCUT2D eigenvalue weighted by atomic mass is 35.5. The molecule has 1 aromatic heterocycles. The highest BCUT2D eigenvalue weighted by Gasteiger charge is 2.22. The van der Waals surface area contributed by atoms with Gasteiger partial charge in [0.25, 0.3) is 5.91 Å². The van der Waals surface area contributed by atoms with Crippen molar-refractivity contribution >= 4 is 40.2 Å². The topological polar surface area (TPSA) is 74.6 Å². The van der Waals surface area contributed by atoms with Crippen LogP contribution in [-0.4, -0.2) is 35.9 Å². The van der Waals surface area contributed by atoms with Gasteiger partial charge in [0.2, 0.25) is 0 Å². The number of benzene rings is 2. The van der Waals surface area contributed by atoms with E-state index >= 15 is 0 Å². The summed E-state index contributed by atoms with van der Waals surface area (Å²) in [6.07, 6.45) is -0.0658. The Hall–Kier alpha value is -3.12. The molecule has 0 radical (unpaired) electrons. The molecule has 0 unspecified atom stereocenters. The molecule has 2 aromatic carbocycles. The van der Waals surface area contributed by atoms with Crippen LogP contribution in [-0.2, 0) is 20.7 Å². The molecule has 0 spiro atoms. The smallest absolute Gasteiger partial charge is 0.310 e. The molecular weight excluding hydrogens is 394 g/mol. The maximum atomic E-state index is 13.2. The van der Waals surface area contributed by atoms with E-state index in [-0.39, 0.29) is 24.7 Å². The average Bonchev–Trinajstić information content (AvgIpc) is 2.97. The minimum Gasteiger partial charge on any atom is -0.497 e. The highest BCUT2D eigenvalue weighted by molar-refractivity contribution is 6.30. The van der Waals surface area contributed by atoms with E-state index in [1.807, 2.05) is 0 Å². The number of aromatic nitrogens is 1. The number of fused-ring (bicyclic) bond motifs is 1. The van der Waals surface area contributed by atoms with Gasteiger partial charge in [-0.3, -0.25) is 19.0 Å². The van der Waals surface area contributed by atoms with Crippen molar-refractivity contribution in [2.24, 2.45) is 0 Å². The predicted octanol–water partition coefficient (Wildman–Crippen LogP) is 3.97. The molecule has 3 rings (SSSR count). The van der Waals surface area contributed by atoms with Crippen LogP contribution in [0.4, 0.5) is 0 Å². The zero-order valence-corrected chi connectivity index (χ0v) is 17.1. The Morgan fingerprint density at radius 2 is 1.76 bits per heavy atom. The van der Waals surface area contributed by atoms with Crippen molar-refractivity contribution in [3.8, 4) is 5.75 Å². The van der Waals surface area contributed by atoms with Gasteiger partial charge in [0, 0.05) is 21.7 Å². The van der Waals surface area contributed by atoms with Crippen LogP contribution in [0.1, 0.15) is 28.5 Å². The second kappa shape index (κ2) is 8.49. The van der Waals surface area contributed by atoms with Gasteiger partial charge in [-0.05, 0) is 61.9 Å². The first-order valence-electron chi connectivity index (χ1n) is 8.95. The number of nitrogens with zero attached hydrogens (tertiary/aromatic N) is 1. The Morgan fingerprint density at radius 3 is 2.38 bits per heavy atom. The molecule has 6 nitrogen and oxygen atoms in total. The predicted molar refractivity (Wildman–Crippen MR) is 110 cm³/mol. The fourth-order valence-corrected chi connectivity index (χ4v) is 3.30. The van der Waals surface area contributed by atoms with Gasteiger partial charge >= 0.3 is 5.97 Å². The first kappa shape index (κ1) is 20.6. The molecule has 0 saturated heterocycles. The van der Waals surface area contributed by atoms with E-state index in [0.717, 1.165) is 0 Å². The summed E-state index contributed by atoms with van der Waals surface area (Å²) in [5.74, 6) is -0.411. The van der Waals surface area contributed by atoms with Crippen LogP contribution in [0.25, 0.3) is 10.9 Å². The van der Waals surface area contributed by atoms with E-state index in [0.29, 0.717) is 38.5 Å². The number of esters is 1. The number of Topliss-reactive ketones (excluding diaryl/α,β-unsaturated/α-hetero) is 1. The lowest BCUT2D eigenvalue weighted by molar-refractivity contribution is -0.146. The molecule has 0 aliphatic heterocycles. The lowest BCUT2D eigenvalue weighted by Crippen LogP contribution is -2.15. The van der Waals surface area contributed by atoms with Gasteiger partial charge in [-0.1, -0.05) is 11.6 Å². The zero-order valence-electron chi connectivity index (χ0n) is 16.3. The SMILES string of the molecule is COc1ccc2c(c1)c(CC(=O)OCC(C)=O)c(C)n2C(=O)c1ccc(Cl)cc1. The monoisotopic (exact) mass is 413 g/mol. The number of carbonyl (C=O) groups excluding carboxylic acids is 3. The maximum absolute atomic E-state index is 13.2. The van der Waals surface area contributed by atoms with Crippen molar-refractivity contribution in [1.82, 2.24) is 4.57 Å². The number of hydrogen-bond acceptors (Lipinski definition) is 5. The number of ether oxygens (including phenoxy) is 2. The first-order chi connectivity index (χ1) is 13.8. The molecule has 0 amide bonds. The average molecular weight is 414 g/mol. The molecular formula is C22H20ClNO5. The van der Waals surface area contributed by atoms with Gasteiger partial charge in [-0.15, -0.1) is 0 Å². The summed E-state index contributed by atoms with van der Waals surface area (Å²) >= 11 is 5.93. The summed E-state index contributed by atoms with van der Waals surface area (Å²) in [6, 6.07) is 11.9. The highest BCUT2D eigenvalue weighted by Crippen LogP contribution is 2.31. The minimum atomic E-state index is -0.538. The molecule has 0 bridgehead atoms. The fraction of sp³-hybridized carbons (Fsp3) is 0.227. The van der Waals surface area contributed by atoms with Crippen LogP contribution >= 0.6 is 11.6 Å². The summed E-state index contributed by atoms with van der Waals surface area (Å²) in [4.78, 5) is 36.5. The van der Waals surface area contributed by atoms with Gasteiger partial charge in [0.15, 0.2) is 5.78 Å². The van der Waals surface area contributed by atoms with E-state index in [1.54, 1.807) is 61.1 Å². The van der Waals surface area contributed by atoms with E-state index in [4.69, 9.17) is 21.1 Å². The number of methoxy groups -OCH3 is 1. The summed E-state index contributed by atoms with van der Waals surface area (Å²) in [5.41, 5.74) is 2.39. The molecule has 7 heteroatoms. The van der Waals surface area contributed by atoms with Crippen LogP contribution in [0, 0.1) is 6.92 Å². The van der Waals surface area contributed by atoms with Gasteiger partial charge in [-0.2, -0.15) is 0 Å². The fourth-order valence-electron chi connectivity index (χ4n) is 3.17. The number of ketones is 1. The van der Waals surface area contributed by atoms with Gasteiger partial charge in [0.1, 0.15) is 12.4 Å². The third kappa shape index (κ3) is 4.32. The van der Waals surface area contributed by atoms with Gasteiger partial charge in [-0.25, -0.2) is 0 Å². The van der Waals surface area contributed by atoms with E-state index < -0.39 is 5.97 Å². The van der Waals surface area contributed by atoms with Crippen LogP contribution < -0.4 is 4.74 Å². The minimum absolute atomic E-state index is 0.0658. The quantitative estimate of drug-likeness (QED) is 0.571. The van der Waals surface area contributed by atoms with Gasteiger partial charge in [0.05, 0.1) is 19.0 Å². The Labute approximate surface area is 173 Å². The van der Waals surface area contributed by atoms with Crippen LogP contribution in [0.5, 0.6) is 5.75 Å². The molecule has 0 N–H and O–H groups in total. The largest absolute Gasteiger partial charge is 0.497 e. The van der Waals surface area contributed by atoms with Crippen molar-refractivity contribution in [2.75, 3.05) is 13.7 Å². The van der Waals surface area contributed by atoms with Crippen LogP contribution in [0.3, 0.4) is 0 Å². The second-order valence-corrected chi connectivity index (χ2v) is 7.07. The third-order valence-corrected chi connectivity index (χ3v) is 4.85. The molecule has 29 heavy (non-hydrogen) atoms. The van der Waals surface area contributed by atoms with Crippen molar-refractivity contribution in [2.45, 2.75) is 20.3 Å². The normalized spacial score (nSPS) is 10.8. The van der Waals surface area contributed by atoms with E-state index in [1.165, 1.54) is 6.92 Å². The lowest BCUT2D eigenvalue weighted by atomic mass is 10.1. The Morgan fingerprint density at radius 1 is 1.07 bits per heavy atom. The number of carbonyl (C=O) groups is 3. The summed E-state index contributed by atoms with van der Waals surface area (Å²) in [5, 5.41) is 1.25. The number of hydrogen-bond donors (Lipinski definition) is 0. The van der Waals surface area contributed by atoms with Crippen molar-refractivity contribution in [3.05, 3.63) is 64.3 Å². The standard InChI is InChI=1S/C22H20ClNO5/c1-13(25)12-29-21(26)11-18-14(2)24(20-9-8-17(28-3)10-19(18)20)22(27)15-4-6-16(23)7-5-15/h4-10H,11-12H2,1-3H3. The molecule has 150 valence electrons. The molecule has 3 aromatic rings. The van der Waals surface area contributed by atoms with E-state index in [9.17, 15) is 14.4 Å². The Bertz CT molecular complexity index is 1100. The molecule has 0 saturated carbocycles. The van der Waals surface area contributed by atoms with Crippen molar-refractivity contribution < 1.29 is 23.9 Å². The van der Waals surface area contributed by atoms with Crippen LogP contribution in [0.2, 0.25) is 5.02 Å². The molecule has 0 fully saturated rings. The summed E-state index contributed by atoms with van der Waals surface area (Å²) in [6.45, 7) is 2.84. The Balaban J connectivity index is 2.09. The van der Waals surface area contributed by atoms with Crippen molar-refractivity contribution in [3.63, 3.8) is 0 Å². The van der Waals surface area contributed by atoms with Crippen LogP contribution in [0.15, 0.2) is 42.5 Å². The summed E-state index contributed by atoms with van der Waals surface area (Å²) < 4.78 is 11.9. The lowest BCUT2D eigenvalue weighted by Gasteiger charge is -2.08. The number of halogens is 1. The van der Waals surface area contributed by atoms with Gasteiger partial charge < -0.3 is 9.47 Å². The molecule has 1 heterocycles.